The minimum atomic E-state index is -1.74. The third-order valence-corrected chi connectivity index (χ3v) is 5.15. The van der Waals surface area contributed by atoms with E-state index in [0.717, 1.165) is 19.3 Å². The van der Waals surface area contributed by atoms with Gasteiger partial charge in [0.25, 0.3) is 5.91 Å². The quantitative estimate of drug-likeness (QED) is 0.151. The second kappa shape index (κ2) is 12.9. The van der Waals surface area contributed by atoms with E-state index in [9.17, 15) is 29.7 Å². The van der Waals surface area contributed by atoms with E-state index in [2.05, 4.69) is 10.6 Å². The van der Waals surface area contributed by atoms with Gasteiger partial charge < -0.3 is 35.4 Å². The van der Waals surface area contributed by atoms with Gasteiger partial charge in [0.1, 0.15) is 31.0 Å². The summed E-state index contributed by atoms with van der Waals surface area (Å²) >= 11 is 0. The molecule has 0 aliphatic heterocycles. The van der Waals surface area contributed by atoms with Crippen molar-refractivity contribution in [3.05, 3.63) is 12.2 Å². The number of allylic oxidation sites excluding steroid dienone is 1. The zero-order valence-electron chi connectivity index (χ0n) is 19.5. The van der Waals surface area contributed by atoms with E-state index in [4.69, 9.17) is 9.47 Å². The molecule has 0 heterocycles. The molecule has 32 heavy (non-hydrogen) atoms. The molecule has 0 bridgehead atoms. The molecule has 0 unspecified atom stereocenters. The lowest BCUT2D eigenvalue weighted by molar-refractivity contribution is -0.151. The summed E-state index contributed by atoms with van der Waals surface area (Å²) in [6.07, 6.45) is -0.649. The summed E-state index contributed by atoms with van der Waals surface area (Å²) in [5.41, 5.74) is -0.248. The van der Waals surface area contributed by atoms with Gasteiger partial charge in [-0.05, 0) is 25.2 Å². The van der Waals surface area contributed by atoms with Gasteiger partial charge >= 0.3 is 5.97 Å². The molecule has 1 fully saturated rings. The molecule has 0 aromatic carbocycles. The van der Waals surface area contributed by atoms with Crippen molar-refractivity contribution in [3.8, 4) is 0 Å². The number of carbonyl (C=O) groups excluding carboxylic acids is 3. The van der Waals surface area contributed by atoms with Crippen LogP contribution in [-0.2, 0) is 23.9 Å². The number of amides is 2. The Balaban J connectivity index is 2.48. The van der Waals surface area contributed by atoms with Crippen molar-refractivity contribution in [2.75, 3.05) is 20.3 Å². The van der Waals surface area contributed by atoms with Gasteiger partial charge in [-0.2, -0.15) is 0 Å². The average molecular weight is 459 g/mol. The SMILES string of the molecule is CO[C@@H](C(=O)N[C@@H](C)C(=O)NCCOC(=O)C1CCC1)[C@H](O)[C@@H](O)[C@H](O)/C=C/C(C)(C)C. The van der Waals surface area contributed by atoms with Gasteiger partial charge in [-0.25, -0.2) is 0 Å². The number of ether oxygens (including phenoxy) is 2. The molecule has 5 N–H and O–H groups in total. The van der Waals surface area contributed by atoms with Crippen molar-refractivity contribution in [2.24, 2.45) is 11.3 Å². The summed E-state index contributed by atoms with van der Waals surface area (Å²) in [6, 6.07) is -0.975. The van der Waals surface area contributed by atoms with Crippen LogP contribution in [0.1, 0.15) is 47.0 Å². The number of nitrogens with one attached hydrogen (secondary N) is 2. The van der Waals surface area contributed by atoms with Crippen molar-refractivity contribution in [2.45, 2.75) is 77.4 Å². The molecule has 0 radical (unpaired) electrons. The molecule has 0 saturated heterocycles. The lowest BCUT2D eigenvalue weighted by Crippen LogP contribution is -2.55. The molecule has 184 valence electrons. The van der Waals surface area contributed by atoms with E-state index in [1.54, 1.807) is 6.08 Å². The third-order valence-electron chi connectivity index (χ3n) is 5.15. The zero-order valence-corrected chi connectivity index (χ0v) is 19.5. The summed E-state index contributed by atoms with van der Waals surface area (Å²) in [5.74, 6) is -1.65. The summed E-state index contributed by atoms with van der Waals surface area (Å²) in [5, 5.41) is 35.5. The zero-order chi connectivity index (χ0) is 24.5. The Morgan fingerprint density at radius 3 is 2.22 bits per heavy atom. The first kappa shape index (κ1) is 28.0. The van der Waals surface area contributed by atoms with Crippen LogP contribution in [0.15, 0.2) is 12.2 Å². The molecule has 1 rings (SSSR count). The van der Waals surface area contributed by atoms with Crippen LogP contribution in [0.3, 0.4) is 0 Å². The molecule has 1 aliphatic carbocycles. The summed E-state index contributed by atoms with van der Waals surface area (Å²) in [4.78, 5) is 36.3. The lowest BCUT2D eigenvalue weighted by atomic mass is 9.86. The van der Waals surface area contributed by atoms with E-state index in [1.807, 2.05) is 20.8 Å². The second-order valence-corrected chi connectivity index (χ2v) is 9.17. The maximum absolute atomic E-state index is 12.5. The molecule has 2 amide bonds. The fourth-order valence-electron chi connectivity index (χ4n) is 2.89. The predicted octanol–water partition coefficient (Wildman–Crippen LogP) is -0.349. The first-order valence-corrected chi connectivity index (χ1v) is 10.9. The van der Waals surface area contributed by atoms with Crippen molar-refractivity contribution in [1.29, 1.82) is 0 Å². The highest BCUT2D eigenvalue weighted by Crippen LogP contribution is 2.27. The number of rotatable bonds is 12. The summed E-state index contributed by atoms with van der Waals surface area (Å²) in [7, 11) is 1.17. The van der Waals surface area contributed by atoms with Crippen LogP contribution >= 0.6 is 0 Å². The second-order valence-electron chi connectivity index (χ2n) is 9.17. The van der Waals surface area contributed by atoms with E-state index < -0.39 is 42.3 Å². The molecule has 5 atom stereocenters. The van der Waals surface area contributed by atoms with E-state index in [1.165, 1.54) is 20.1 Å². The monoisotopic (exact) mass is 458 g/mol. The van der Waals surface area contributed by atoms with Gasteiger partial charge in [0.15, 0.2) is 6.10 Å². The smallest absolute Gasteiger partial charge is 0.308 e. The Bertz CT molecular complexity index is 657. The number of hydrogen-bond acceptors (Lipinski definition) is 8. The van der Waals surface area contributed by atoms with Gasteiger partial charge in [-0.3, -0.25) is 14.4 Å². The Morgan fingerprint density at radius 1 is 1.09 bits per heavy atom. The highest BCUT2D eigenvalue weighted by Gasteiger charge is 2.36. The number of esters is 1. The predicted molar refractivity (Wildman–Crippen MR) is 116 cm³/mol. The van der Waals surface area contributed by atoms with Crippen LogP contribution in [0.2, 0.25) is 0 Å². The maximum atomic E-state index is 12.5. The number of methoxy groups -OCH3 is 1. The first-order chi connectivity index (χ1) is 14.9. The Labute approximate surface area is 189 Å². The van der Waals surface area contributed by atoms with Crippen molar-refractivity contribution >= 4 is 17.8 Å². The van der Waals surface area contributed by atoms with Crippen LogP contribution in [0.25, 0.3) is 0 Å². The van der Waals surface area contributed by atoms with Gasteiger partial charge in [-0.15, -0.1) is 0 Å². The number of hydrogen-bond donors (Lipinski definition) is 5. The van der Waals surface area contributed by atoms with Gasteiger partial charge in [0.05, 0.1) is 12.5 Å². The van der Waals surface area contributed by atoms with Crippen LogP contribution in [-0.4, -0.2) is 83.8 Å². The molecule has 0 spiro atoms. The van der Waals surface area contributed by atoms with Gasteiger partial charge in [0.2, 0.25) is 5.91 Å². The molecule has 1 aliphatic rings. The standard InChI is InChI=1S/C22H38N2O8/c1-13(19(28)23-11-12-32-21(30)14-7-6-8-14)24-20(29)18(31-5)17(27)16(26)15(25)9-10-22(2,3)4/h9-10,13-18,25-27H,6-8,11-12H2,1-5H3,(H,23,28)(H,24,29)/b10-9+/t13-,15+,16-,17+,18+/m0/s1. The van der Waals surface area contributed by atoms with Crippen molar-refractivity contribution in [3.63, 3.8) is 0 Å². The van der Waals surface area contributed by atoms with Gasteiger partial charge in [0, 0.05) is 7.11 Å². The fraction of sp³-hybridized carbons (Fsp3) is 0.773. The Hall–Kier alpha value is -2.01. The number of aliphatic hydroxyl groups is 3. The molecule has 1 saturated carbocycles. The van der Waals surface area contributed by atoms with Crippen LogP contribution in [0.4, 0.5) is 0 Å². The highest BCUT2D eigenvalue weighted by atomic mass is 16.5. The average Bonchev–Trinajstić information content (AvgIpc) is 2.66. The van der Waals surface area contributed by atoms with Crippen molar-refractivity contribution < 1.29 is 39.2 Å². The van der Waals surface area contributed by atoms with Crippen LogP contribution in [0.5, 0.6) is 0 Å². The molecule has 0 aromatic rings. The summed E-state index contributed by atoms with van der Waals surface area (Å²) < 4.78 is 10.1. The van der Waals surface area contributed by atoms with E-state index in [0.29, 0.717) is 0 Å². The number of carbonyl (C=O) groups is 3. The maximum Gasteiger partial charge on any atom is 0.308 e. The lowest BCUT2D eigenvalue weighted by Gasteiger charge is -2.28. The fourth-order valence-corrected chi connectivity index (χ4v) is 2.89. The molecular weight excluding hydrogens is 420 g/mol. The first-order valence-electron chi connectivity index (χ1n) is 10.9. The Morgan fingerprint density at radius 2 is 1.72 bits per heavy atom. The highest BCUT2D eigenvalue weighted by molar-refractivity contribution is 5.89. The van der Waals surface area contributed by atoms with Gasteiger partial charge in [-0.1, -0.05) is 39.3 Å². The normalized spacial score (nSPS) is 19.4. The Kier molecular flexibility index (Phi) is 11.3. The number of aliphatic hydroxyl groups excluding tert-OH is 3. The van der Waals surface area contributed by atoms with E-state index >= 15 is 0 Å². The molecule has 0 aromatic heterocycles. The third kappa shape index (κ3) is 9.23. The van der Waals surface area contributed by atoms with E-state index in [-0.39, 0.29) is 30.5 Å². The molecule has 10 heteroatoms. The minimum absolute atomic E-state index is 0.0350. The minimum Gasteiger partial charge on any atom is -0.464 e. The molecule has 10 nitrogen and oxygen atoms in total. The van der Waals surface area contributed by atoms with Crippen LogP contribution < -0.4 is 10.6 Å². The van der Waals surface area contributed by atoms with Crippen LogP contribution in [0, 0.1) is 11.3 Å². The van der Waals surface area contributed by atoms with Crippen molar-refractivity contribution in [1.82, 2.24) is 10.6 Å². The largest absolute Gasteiger partial charge is 0.464 e. The summed E-state index contributed by atoms with van der Waals surface area (Å²) in [6.45, 7) is 7.26. The molecular formula is C22H38N2O8. The topological polar surface area (TPSA) is 154 Å².